The molecule has 0 radical (unpaired) electrons. The molecule has 0 aliphatic rings. The molecule has 0 aliphatic heterocycles. The number of benzene rings is 4. The average Bonchev–Trinajstić information content (AvgIpc) is 3.03. The molecule has 2 amide bonds. The Morgan fingerprint density at radius 3 is 2.07 bits per heavy atom. The van der Waals surface area contributed by atoms with Gasteiger partial charge >= 0.3 is 0 Å². The molecule has 0 heterocycles. The lowest BCUT2D eigenvalue weighted by Gasteiger charge is -2.34. The third kappa shape index (κ3) is 8.90. The van der Waals surface area contributed by atoms with Gasteiger partial charge in [0.25, 0.3) is 10.0 Å². The van der Waals surface area contributed by atoms with E-state index >= 15 is 0 Å². The number of hydrogen-bond acceptors (Lipinski definition) is 4. The molecule has 7 nitrogen and oxygen atoms in total. The molecular formula is C36H39Cl2N3O4S. The summed E-state index contributed by atoms with van der Waals surface area (Å²) in [7, 11) is -4.18. The van der Waals surface area contributed by atoms with E-state index in [4.69, 9.17) is 23.2 Å². The van der Waals surface area contributed by atoms with Crippen LogP contribution in [0.15, 0.2) is 102 Å². The minimum absolute atomic E-state index is 0.00553. The van der Waals surface area contributed by atoms with Gasteiger partial charge in [-0.2, -0.15) is 0 Å². The monoisotopic (exact) mass is 679 g/mol. The average molecular weight is 681 g/mol. The van der Waals surface area contributed by atoms with Crippen molar-refractivity contribution in [3.05, 3.63) is 129 Å². The number of amides is 2. The highest BCUT2D eigenvalue weighted by atomic mass is 35.5. The van der Waals surface area contributed by atoms with E-state index in [-0.39, 0.29) is 29.7 Å². The largest absolute Gasteiger partial charge is 0.354 e. The van der Waals surface area contributed by atoms with E-state index in [1.54, 1.807) is 42.5 Å². The predicted molar refractivity (Wildman–Crippen MR) is 186 cm³/mol. The van der Waals surface area contributed by atoms with Gasteiger partial charge in [-0.1, -0.05) is 109 Å². The molecule has 0 spiro atoms. The lowest BCUT2D eigenvalue weighted by atomic mass is 10.0. The molecule has 4 rings (SSSR count). The smallest absolute Gasteiger partial charge is 0.264 e. The SMILES string of the molecule is Cc1ccc(N(CC(=O)N(Cc2ccc(Cl)c(Cl)c2)C(Cc2ccccc2)C(=O)NCC(C)C)S(=O)(=O)c2ccccc2)c(C)c1. The van der Waals surface area contributed by atoms with E-state index in [1.165, 1.54) is 17.0 Å². The van der Waals surface area contributed by atoms with Crippen molar-refractivity contribution in [2.45, 2.75) is 51.6 Å². The molecule has 1 unspecified atom stereocenters. The normalized spacial score (nSPS) is 12.1. The molecule has 1 N–H and O–H groups in total. The Bertz CT molecular complexity index is 1770. The minimum atomic E-state index is -4.18. The molecule has 242 valence electrons. The lowest BCUT2D eigenvalue weighted by Crippen LogP contribution is -2.53. The highest BCUT2D eigenvalue weighted by molar-refractivity contribution is 7.92. The Balaban J connectivity index is 1.83. The maximum absolute atomic E-state index is 14.6. The second-order valence-corrected chi connectivity index (χ2v) is 14.4. The van der Waals surface area contributed by atoms with Crippen LogP contribution >= 0.6 is 23.2 Å². The summed E-state index contributed by atoms with van der Waals surface area (Å²) >= 11 is 12.5. The Labute approximate surface area is 282 Å². The highest BCUT2D eigenvalue weighted by Crippen LogP contribution is 2.29. The van der Waals surface area contributed by atoms with Gasteiger partial charge in [-0.05, 0) is 66.8 Å². The molecule has 46 heavy (non-hydrogen) atoms. The van der Waals surface area contributed by atoms with Crippen LogP contribution in [0.1, 0.15) is 36.1 Å². The summed E-state index contributed by atoms with van der Waals surface area (Å²) in [6.07, 6.45) is 0.215. The van der Waals surface area contributed by atoms with Gasteiger partial charge in [-0.15, -0.1) is 0 Å². The van der Waals surface area contributed by atoms with Crippen LogP contribution < -0.4 is 9.62 Å². The van der Waals surface area contributed by atoms with Crippen LogP contribution in [0.5, 0.6) is 0 Å². The maximum Gasteiger partial charge on any atom is 0.264 e. The zero-order valence-corrected chi connectivity index (χ0v) is 28.7. The van der Waals surface area contributed by atoms with Crippen molar-refractivity contribution >= 4 is 50.7 Å². The summed E-state index contributed by atoms with van der Waals surface area (Å²) in [5.41, 5.74) is 3.51. The summed E-state index contributed by atoms with van der Waals surface area (Å²) in [6, 6.07) is 26.9. The minimum Gasteiger partial charge on any atom is -0.354 e. The topological polar surface area (TPSA) is 86.8 Å². The van der Waals surface area contributed by atoms with Crippen molar-refractivity contribution < 1.29 is 18.0 Å². The van der Waals surface area contributed by atoms with Crippen LogP contribution in [0.25, 0.3) is 0 Å². The number of aryl methyl sites for hydroxylation is 2. The van der Waals surface area contributed by atoms with Gasteiger partial charge in [0.2, 0.25) is 11.8 Å². The molecule has 10 heteroatoms. The number of carbonyl (C=O) groups is 2. The second-order valence-electron chi connectivity index (χ2n) is 11.7. The Kier molecular flexibility index (Phi) is 11.9. The van der Waals surface area contributed by atoms with Gasteiger partial charge in [0.05, 0.1) is 20.6 Å². The number of nitrogens with zero attached hydrogens (tertiary/aromatic N) is 2. The molecule has 4 aromatic carbocycles. The number of hydrogen-bond donors (Lipinski definition) is 1. The number of carbonyl (C=O) groups excluding carboxylic acids is 2. The van der Waals surface area contributed by atoms with Crippen molar-refractivity contribution in [2.24, 2.45) is 5.92 Å². The van der Waals surface area contributed by atoms with Gasteiger partial charge in [0, 0.05) is 19.5 Å². The van der Waals surface area contributed by atoms with Crippen molar-refractivity contribution in [3.8, 4) is 0 Å². The fourth-order valence-electron chi connectivity index (χ4n) is 5.13. The summed E-state index contributed by atoms with van der Waals surface area (Å²) < 4.78 is 29.5. The Hall–Kier alpha value is -3.85. The molecule has 0 aromatic heterocycles. The van der Waals surface area contributed by atoms with Crippen molar-refractivity contribution in [3.63, 3.8) is 0 Å². The molecule has 4 aromatic rings. The number of nitrogens with one attached hydrogen (secondary N) is 1. The van der Waals surface area contributed by atoms with Gasteiger partial charge in [-0.25, -0.2) is 8.42 Å². The van der Waals surface area contributed by atoms with Crippen LogP contribution in [0.3, 0.4) is 0 Å². The number of sulfonamides is 1. The maximum atomic E-state index is 14.6. The first-order chi connectivity index (χ1) is 21.9. The van der Waals surface area contributed by atoms with Crippen molar-refractivity contribution in [1.82, 2.24) is 10.2 Å². The van der Waals surface area contributed by atoms with Crippen LogP contribution in [0, 0.1) is 19.8 Å². The summed E-state index contributed by atoms with van der Waals surface area (Å²) in [5.74, 6) is -0.710. The first kappa shape index (κ1) is 35.0. The quantitative estimate of drug-likeness (QED) is 0.162. The van der Waals surface area contributed by atoms with Crippen molar-refractivity contribution in [1.29, 1.82) is 0 Å². The molecular weight excluding hydrogens is 641 g/mol. The summed E-state index contributed by atoms with van der Waals surface area (Å²) in [6.45, 7) is 7.57. The standard InChI is InChI=1S/C36H39Cl2N3O4S/c1-25(2)22-39-36(43)34(21-28-11-7-5-8-12-28)40(23-29-16-17-31(37)32(38)20-29)35(42)24-41(33-18-15-26(3)19-27(33)4)46(44,45)30-13-9-6-10-14-30/h5-20,25,34H,21-24H2,1-4H3,(H,39,43). The molecule has 1 atom stereocenters. The predicted octanol–water partition coefficient (Wildman–Crippen LogP) is 7.22. The van der Waals surface area contributed by atoms with Gasteiger partial charge in [0.1, 0.15) is 12.6 Å². The molecule has 0 saturated carbocycles. The van der Waals surface area contributed by atoms with E-state index in [0.717, 1.165) is 15.4 Å². The van der Waals surface area contributed by atoms with Crippen LogP contribution in [-0.2, 0) is 32.6 Å². The summed E-state index contributed by atoms with van der Waals surface area (Å²) in [4.78, 5) is 30.0. The van der Waals surface area contributed by atoms with Gasteiger partial charge < -0.3 is 10.2 Å². The third-order valence-corrected chi connectivity index (χ3v) is 10.0. The highest BCUT2D eigenvalue weighted by Gasteiger charge is 2.35. The van der Waals surface area contributed by atoms with E-state index < -0.39 is 28.5 Å². The van der Waals surface area contributed by atoms with Crippen LogP contribution in [0.2, 0.25) is 10.0 Å². The zero-order chi connectivity index (χ0) is 33.4. The second kappa shape index (κ2) is 15.6. The molecule has 0 aliphatic carbocycles. The Morgan fingerprint density at radius 2 is 1.46 bits per heavy atom. The van der Waals surface area contributed by atoms with E-state index in [0.29, 0.717) is 33.4 Å². The number of rotatable bonds is 13. The molecule has 0 saturated heterocycles. The Morgan fingerprint density at radius 1 is 0.804 bits per heavy atom. The molecule has 0 fully saturated rings. The van der Waals surface area contributed by atoms with Crippen molar-refractivity contribution in [2.75, 3.05) is 17.4 Å². The lowest BCUT2D eigenvalue weighted by molar-refractivity contribution is -0.140. The first-order valence-electron chi connectivity index (χ1n) is 15.1. The first-order valence-corrected chi connectivity index (χ1v) is 17.3. The third-order valence-electron chi connectivity index (χ3n) is 7.52. The zero-order valence-electron chi connectivity index (χ0n) is 26.4. The fourth-order valence-corrected chi connectivity index (χ4v) is 6.95. The number of anilines is 1. The fraction of sp³-hybridized carbons (Fsp3) is 0.278. The van der Waals surface area contributed by atoms with Crippen LogP contribution in [-0.4, -0.2) is 44.3 Å². The number of halogens is 2. The van der Waals surface area contributed by atoms with E-state index in [9.17, 15) is 18.0 Å². The van der Waals surface area contributed by atoms with E-state index in [1.807, 2.05) is 70.2 Å². The van der Waals surface area contributed by atoms with Gasteiger partial charge in [0.15, 0.2) is 0 Å². The van der Waals surface area contributed by atoms with E-state index in [2.05, 4.69) is 5.32 Å². The van der Waals surface area contributed by atoms with Crippen LogP contribution in [0.4, 0.5) is 5.69 Å². The molecule has 0 bridgehead atoms. The summed E-state index contributed by atoms with van der Waals surface area (Å²) in [5, 5.41) is 3.65. The van der Waals surface area contributed by atoms with Gasteiger partial charge in [-0.3, -0.25) is 13.9 Å².